The van der Waals surface area contributed by atoms with Gasteiger partial charge in [0.05, 0.1) is 41.8 Å². The van der Waals surface area contributed by atoms with Crippen LogP contribution in [0.1, 0.15) is 127 Å². The average molecular weight is 794 g/mol. The molecule has 3 aromatic carbocycles. The second kappa shape index (κ2) is 18.5. The first-order valence-electron chi connectivity index (χ1n) is 22.6. The van der Waals surface area contributed by atoms with E-state index in [2.05, 4.69) is 113 Å². The number of aromatic amines is 2. The first kappa shape index (κ1) is 40.7. The number of H-pyrrole nitrogens is 2. The van der Waals surface area contributed by atoms with Crippen molar-refractivity contribution < 1.29 is 9.59 Å². The topological polar surface area (TPSA) is 101 Å². The SMILES string of the molecule is CCC(CC)[C@@H](C(=O)N1CCC[C@H]1c1ncc(-c2ccc(-c3ccc(-c4cnc([C@@H]5CCCN5C(=O)[C@H]5CC[C@@H](N(CC)CC)CC5)[nH]4)cc3)cc2)[nH]1)c1ccccc1. The number of hydrogen-bond acceptors (Lipinski definition) is 5. The first-order chi connectivity index (χ1) is 28.9. The zero-order valence-electron chi connectivity index (χ0n) is 35.6. The minimum atomic E-state index is -0.141. The molecule has 0 radical (unpaired) electrons. The number of benzene rings is 3. The molecule has 5 aromatic rings. The summed E-state index contributed by atoms with van der Waals surface area (Å²) >= 11 is 0. The molecule has 3 fully saturated rings. The highest BCUT2D eigenvalue weighted by atomic mass is 16.2. The van der Waals surface area contributed by atoms with Gasteiger partial charge < -0.3 is 24.7 Å². The molecule has 2 saturated heterocycles. The fourth-order valence-corrected chi connectivity index (χ4v) is 10.5. The third-order valence-corrected chi connectivity index (χ3v) is 13.9. The molecule has 59 heavy (non-hydrogen) atoms. The largest absolute Gasteiger partial charge is 0.340 e. The van der Waals surface area contributed by atoms with Crippen LogP contribution in [0.4, 0.5) is 0 Å². The maximum absolute atomic E-state index is 14.3. The molecule has 2 N–H and O–H groups in total. The Morgan fingerprint density at radius 3 is 1.64 bits per heavy atom. The van der Waals surface area contributed by atoms with E-state index in [0.29, 0.717) is 17.9 Å². The van der Waals surface area contributed by atoms with E-state index < -0.39 is 0 Å². The Labute approximate surface area is 351 Å². The number of aromatic nitrogens is 4. The Morgan fingerprint density at radius 2 is 1.14 bits per heavy atom. The van der Waals surface area contributed by atoms with Crippen LogP contribution in [0, 0.1) is 11.8 Å². The van der Waals surface area contributed by atoms with E-state index >= 15 is 0 Å². The normalized spacial score (nSPS) is 21.5. The van der Waals surface area contributed by atoms with Gasteiger partial charge in [0, 0.05) is 25.0 Å². The molecular formula is C50H63N7O2. The van der Waals surface area contributed by atoms with Gasteiger partial charge in [0.2, 0.25) is 11.8 Å². The van der Waals surface area contributed by atoms with Crippen molar-refractivity contribution in [1.82, 2.24) is 34.6 Å². The van der Waals surface area contributed by atoms with Crippen LogP contribution in [-0.2, 0) is 9.59 Å². The summed E-state index contributed by atoms with van der Waals surface area (Å²) in [7, 11) is 0. The van der Waals surface area contributed by atoms with Crippen LogP contribution in [0.5, 0.6) is 0 Å². The molecule has 0 bridgehead atoms. The Bertz CT molecular complexity index is 2130. The van der Waals surface area contributed by atoms with Crippen molar-refractivity contribution in [2.45, 2.75) is 116 Å². The lowest BCUT2D eigenvalue weighted by Crippen LogP contribution is -2.42. The van der Waals surface area contributed by atoms with E-state index in [1.54, 1.807) is 0 Å². The van der Waals surface area contributed by atoms with Crippen LogP contribution < -0.4 is 0 Å². The van der Waals surface area contributed by atoms with Gasteiger partial charge in [0.25, 0.3) is 0 Å². The molecule has 310 valence electrons. The van der Waals surface area contributed by atoms with Gasteiger partial charge >= 0.3 is 0 Å². The molecule has 8 rings (SSSR count). The van der Waals surface area contributed by atoms with Crippen LogP contribution in [0.25, 0.3) is 33.6 Å². The highest BCUT2D eigenvalue weighted by molar-refractivity contribution is 5.85. The summed E-state index contributed by atoms with van der Waals surface area (Å²) in [6.07, 6.45) is 13.8. The van der Waals surface area contributed by atoms with E-state index in [4.69, 9.17) is 9.97 Å². The Balaban J connectivity index is 0.900. The van der Waals surface area contributed by atoms with Crippen molar-refractivity contribution >= 4 is 11.8 Å². The molecule has 3 atom stereocenters. The summed E-state index contributed by atoms with van der Waals surface area (Å²) in [6.45, 7) is 12.6. The number of rotatable bonds is 14. The molecule has 2 aliphatic heterocycles. The minimum absolute atomic E-state index is 0.0198. The standard InChI is InChI=1S/C50H63N7O2/c1-5-34(6-2)46(39-14-10-9-11-15-39)50(59)57-31-13-17-45(57)48-52-33-43(54-48)38-24-20-36(21-25-38)35-18-22-37(23-19-35)42-32-51-47(53-42)44-16-12-30-56(44)49(58)40-26-28-41(29-27-40)55(7-3)8-4/h9-11,14-15,18-25,32-34,40-41,44-46H,5-8,12-13,16-17,26-31H2,1-4H3,(H,51,53)(H,52,54)/t40-,41+,44-,45-,46+/m0/s1. The zero-order valence-corrected chi connectivity index (χ0v) is 35.6. The van der Waals surface area contributed by atoms with Gasteiger partial charge in [-0.3, -0.25) is 9.59 Å². The minimum Gasteiger partial charge on any atom is -0.340 e. The van der Waals surface area contributed by atoms with Gasteiger partial charge in [0.15, 0.2) is 0 Å². The number of nitrogens with one attached hydrogen (secondary N) is 2. The number of carbonyl (C=O) groups excluding carboxylic acids is 2. The van der Waals surface area contributed by atoms with Crippen LogP contribution in [0.3, 0.4) is 0 Å². The van der Waals surface area contributed by atoms with Gasteiger partial charge in [-0.05, 0) is 98.2 Å². The molecule has 9 heteroatoms. The zero-order chi connectivity index (χ0) is 40.9. The Kier molecular flexibility index (Phi) is 12.8. The predicted molar refractivity (Wildman–Crippen MR) is 236 cm³/mol. The van der Waals surface area contributed by atoms with Crippen molar-refractivity contribution in [1.29, 1.82) is 0 Å². The maximum Gasteiger partial charge on any atom is 0.231 e. The lowest BCUT2D eigenvalue weighted by molar-refractivity contribution is -0.138. The van der Waals surface area contributed by atoms with E-state index in [1.807, 2.05) is 30.6 Å². The molecule has 1 saturated carbocycles. The number of carbonyl (C=O) groups is 2. The average Bonchev–Trinajstić information content (AvgIpc) is 4.14. The first-order valence-corrected chi connectivity index (χ1v) is 22.6. The van der Waals surface area contributed by atoms with Gasteiger partial charge in [-0.15, -0.1) is 0 Å². The van der Waals surface area contributed by atoms with Gasteiger partial charge in [-0.2, -0.15) is 0 Å². The second-order valence-corrected chi connectivity index (χ2v) is 17.1. The number of imidazole rings is 2. The van der Waals surface area contributed by atoms with Crippen LogP contribution in [0.2, 0.25) is 0 Å². The molecule has 0 unspecified atom stereocenters. The van der Waals surface area contributed by atoms with Crippen molar-refractivity contribution in [2.24, 2.45) is 11.8 Å². The van der Waals surface area contributed by atoms with Crippen molar-refractivity contribution in [3.05, 3.63) is 108 Å². The molecule has 1 aliphatic carbocycles. The number of amides is 2. The summed E-state index contributed by atoms with van der Waals surface area (Å²) in [4.78, 5) is 51.7. The lowest BCUT2D eigenvalue weighted by atomic mass is 9.81. The highest BCUT2D eigenvalue weighted by Crippen LogP contribution is 2.40. The van der Waals surface area contributed by atoms with E-state index in [-0.39, 0.29) is 29.8 Å². The third-order valence-electron chi connectivity index (χ3n) is 13.9. The molecular weight excluding hydrogens is 731 g/mol. The predicted octanol–water partition coefficient (Wildman–Crippen LogP) is 10.6. The molecule has 4 heterocycles. The summed E-state index contributed by atoms with van der Waals surface area (Å²) in [6, 6.07) is 28.1. The van der Waals surface area contributed by atoms with E-state index in [0.717, 1.165) is 141 Å². The fraction of sp³-hybridized carbons (Fsp3) is 0.480. The summed E-state index contributed by atoms with van der Waals surface area (Å²) in [5.41, 5.74) is 7.47. The molecule has 0 spiro atoms. The molecule has 3 aliphatic rings. The lowest BCUT2D eigenvalue weighted by Gasteiger charge is -2.37. The summed E-state index contributed by atoms with van der Waals surface area (Å²) < 4.78 is 0. The molecule has 2 amide bonds. The van der Waals surface area contributed by atoms with Crippen LogP contribution in [-0.4, -0.2) is 78.7 Å². The van der Waals surface area contributed by atoms with Crippen molar-refractivity contribution in [2.75, 3.05) is 26.2 Å². The van der Waals surface area contributed by atoms with E-state index in [1.165, 1.54) is 0 Å². The maximum atomic E-state index is 14.3. The third kappa shape index (κ3) is 8.54. The fourth-order valence-electron chi connectivity index (χ4n) is 10.5. The van der Waals surface area contributed by atoms with Crippen molar-refractivity contribution in [3.8, 4) is 33.6 Å². The summed E-state index contributed by atoms with van der Waals surface area (Å²) in [5.74, 6) is 2.60. The van der Waals surface area contributed by atoms with Crippen LogP contribution in [0.15, 0.2) is 91.3 Å². The Hall–Kier alpha value is -5.02. The second-order valence-electron chi connectivity index (χ2n) is 17.1. The number of hydrogen-bond donors (Lipinski definition) is 2. The van der Waals surface area contributed by atoms with Crippen LogP contribution >= 0.6 is 0 Å². The van der Waals surface area contributed by atoms with Crippen molar-refractivity contribution in [3.63, 3.8) is 0 Å². The van der Waals surface area contributed by atoms with Gasteiger partial charge in [0.1, 0.15) is 11.6 Å². The Morgan fingerprint density at radius 1 is 0.644 bits per heavy atom. The highest BCUT2D eigenvalue weighted by Gasteiger charge is 2.39. The van der Waals surface area contributed by atoms with Gasteiger partial charge in [-0.25, -0.2) is 9.97 Å². The molecule has 2 aromatic heterocycles. The molecule has 9 nitrogen and oxygen atoms in total. The number of likely N-dealkylation sites (tertiary alicyclic amines) is 2. The smallest absolute Gasteiger partial charge is 0.231 e. The van der Waals surface area contributed by atoms with Gasteiger partial charge in [-0.1, -0.05) is 119 Å². The quantitative estimate of drug-likeness (QED) is 0.117. The number of nitrogens with zero attached hydrogens (tertiary/aromatic N) is 5. The monoisotopic (exact) mass is 794 g/mol. The summed E-state index contributed by atoms with van der Waals surface area (Å²) in [5, 5.41) is 0. The van der Waals surface area contributed by atoms with E-state index in [9.17, 15) is 9.59 Å².